The molecule has 0 heterocycles. The fourth-order valence-corrected chi connectivity index (χ4v) is 4.77. The maximum atomic E-state index is 12.6. The fraction of sp³-hybridized carbons (Fsp3) is 0.519. The highest BCUT2D eigenvalue weighted by Crippen LogP contribution is 2.38. The van der Waals surface area contributed by atoms with Gasteiger partial charge in [-0.05, 0) is 80.7 Å². The molecule has 4 heteroatoms. The molecular formula is C27H38N2O2. The third-order valence-electron chi connectivity index (χ3n) is 6.70. The van der Waals surface area contributed by atoms with Crippen LogP contribution in [0.5, 0.6) is 0 Å². The number of hydrogen-bond acceptors (Lipinski definition) is 4. The summed E-state index contributed by atoms with van der Waals surface area (Å²) in [5, 5.41) is 0. The second-order valence-corrected chi connectivity index (χ2v) is 9.62. The number of esters is 1. The van der Waals surface area contributed by atoms with Crippen molar-refractivity contribution in [2.24, 2.45) is 5.92 Å². The van der Waals surface area contributed by atoms with Crippen LogP contribution in [0.15, 0.2) is 42.5 Å². The summed E-state index contributed by atoms with van der Waals surface area (Å²) >= 11 is 0. The molecule has 1 aliphatic rings. The lowest BCUT2D eigenvalue weighted by atomic mass is 9.77. The first-order chi connectivity index (χ1) is 14.8. The van der Waals surface area contributed by atoms with Crippen LogP contribution in [-0.4, -0.2) is 5.97 Å². The molecule has 3 rings (SSSR count). The molecule has 4 N–H and O–H groups in total. The van der Waals surface area contributed by atoms with Gasteiger partial charge in [-0.25, -0.2) is 4.79 Å². The van der Waals surface area contributed by atoms with Crippen LogP contribution >= 0.6 is 0 Å². The normalized spacial score (nSPS) is 19.2. The molecule has 31 heavy (non-hydrogen) atoms. The van der Waals surface area contributed by atoms with Gasteiger partial charge in [0, 0.05) is 11.4 Å². The molecule has 0 bridgehead atoms. The summed E-state index contributed by atoms with van der Waals surface area (Å²) < 4.78 is 5.82. The zero-order valence-electron chi connectivity index (χ0n) is 19.3. The van der Waals surface area contributed by atoms with Crippen molar-refractivity contribution in [2.75, 3.05) is 11.5 Å². The lowest BCUT2D eigenvalue weighted by molar-refractivity contribution is -0.00312. The van der Waals surface area contributed by atoms with Crippen LogP contribution in [0.1, 0.15) is 99.5 Å². The topological polar surface area (TPSA) is 78.3 Å². The zero-order valence-corrected chi connectivity index (χ0v) is 19.3. The molecule has 1 saturated carbocycles. The molecule has 0 unspecified atom stereocenters. The fourth-order valence-electron chi connectivity index (χ4n) is 4.77. The van der Waals surface area contributed by atoms with E-state index in [-0.39, 0.29) is 0 Å². The van der Waals surface area contributed by atoms with Crippen LogP contribution < -0.4 is 11.5 Å². The quantitative estimate of drug-likeness (QED) is 0.279. The molecule has 168 valence electrons. The van der Waals surface area contributed by atoms with Gasteiger partial charge in [0.15, 0.2) is 0 Å². The van der Waals surface area contributed by atoms with Gasteiger partial charge in [0.2, 0.25) is 0 Å². The summed E-state index contributed by atoms with van der Waals surface area (Å²) in [5.74, 6) is 1.15. The number of rotatable bonds is 8. The summed E-state index contributed by atoms with van der Waals surface area (Å²) in [7, 11) is 0. The minimum atomic E-state index is -0.744. The largest absolute Gasteiger partial charge is 0.451 e. The highest BCUT2D eigenvalue weighted by molar-refractivity contribution is 5.92. The van der Waals surface area contributed by atoms with Crippen LogP contribution in [0.3, 0.4) is 0 Å². The summed E-state index contributed by atoms with van der Waals surface area (Å²) in [6.07, 6.45) is 10.7. The SMILES string of the molecule is CCCCCC1CCC(c2ccc(C(C)(C)OC(=O)c3cc(N)cc(N)c3)cc2)CC1. The van der Waals surface area contributed by atoms with Gasteiger partial charge in [0.25, 0.3) is 0 Å². The van der Waals surface area contributed by atoms with Crippen LogP contribution in [-0.2, 0) is 10.3 Å². The molecule has 2 aromatic carbocycles. The Kier molecular flexibility index (Phi) is 7.64. The predicted molar refractivity (Wildman–Crippen MR) is 129 cm³/mol. The van der Waals surface area contributed by atoms with Crippen LogP contribution in [0.4, 0.5) is 11.4 Å². The Morgan fingerprint density at radius 1 is 0.968 bits per heavy atom. The first-order valence-corrected chi connectivity index (χ1v) is 11.8. The summed E-state index contributed by atoms with van der Waals surface area (Å²) in [4.78, 5) is 12.6. The summed E-state index contributed by atoms with van der Waals surface area (Å²) in [6, 6.07) is 13.4. The minimum absolute atomic E-state index is 0.373. The molecule has 0 atom stereocenters. The molecule has 1 aliphatic carbocycles. The molecule has 0 radical (unpaired) electrons. The Balaban J connectivity index is 1.59. The van der Waals surface area contributed by atoms with E-state index in [1.165, 1.54) is 56.9 Å². The lowest BCUT2D eigenvalue weighted by Crippen LogP contribution is -2.26. The van der Waals surface area contributed by atoms with Gasteiger partial charge in [-0.2, -0.15) is 0 Å². The van der Waals surface area contributed by atoms with E-state index < -0.39 is 11.6 Å². The van der Waals surface area contributed by atoms with Gasteiger partial charge in [-0.1, -0.05) is 56.9 Å². The number of anilines is 2. The summed E-state index contributed by atoms with van der Waals surface area (Å²) in [5.41, 5.74) is 14.5. The minimum Gasteiger partial charge on any atom is -0.451 e. The number of unbranched alkanes of at least 4 members (excludes halogenated alkanes) is 2. The van der Waals surface area contributed by atoms with E-state index in [0.717, 1.165) is 11.5 Å². The zero-order chi connectivity index (χ0) is 22.4. The van der Waals surface area contributed by atoms with Crippen molar-refractivity contribution in [1.29, 1.82) is 0 Å². The smallest absolute Gasteiger partial charge is 0.339 e. The molecule has 4 nitrogen and oxygen atoms in total. The highest BCUT2D eigenvalue weighted by Gasteiger charge is 2.27. The number of hydrogen-bond donors (Lipinski definition) is 2. The third kappa shape index (κ3) is 6.25. The van der Waals surface area contributed by atoms with E-state index in [9.17, 15) is 4.79 Å². The Bertz CT molecular complexity index is 845. The number of nitrogens with two attached hydrogens (primary N) is 2. The third-order valence-corrected chi connectivity index (χ3v) is 6.70. The first kappa shape index (κ1) is 23.2. The van der Waals surface area contributed by atoms with Crippen molar-refractivity contribution in [3.8, 4) is 0 Å². The van der Waals surface area contributed by atoms with E-state index >= 15 is 0 Å². The second-order valence-electron chi connectivity index (χ2n) is 9.62. The van der Waals surface area contributed by atoms with Crippen molar-refractivity contribution in [1.82, 2.24) is 0 Å². The van der Waals surface area contributed by atoms with Crippen molar-refractivity contribution in [3.05, 3.63) is 59.2 Å². The number of carbonyl (C=O) groups excluding carboxylic acids is 1. The van der Waals surface area contributed by atoms with Gasteiger partial charge >= 0.3 is 5.97 Å². The molecule has 0 spiro atoms. The number of ether oxygens (including phenoxy) is 1. The van der Waals surface area contributed by atoms with E-state index in [1.807, 2.05) is 13.8 Å². The molecule has 0 aliphatic heterocycles. The molecule has 0 aromatic heterocycles. The number of nitrogen functional groups attached to an aromatic ring is 2. The Morgan fingerprint density at radius 2 is 1.58 bits per heavy atom. The van der Waals surface area contributed by atoms with Crippen molar-refractivity contribution in [2.45, 2.75) is 83.7 Å². The van der Waals surface area contributed by atoms with Gasteiger partial charge in [-0.15, -0.1) is 0 Å². The lowest BCUT2D eigenvalue weighted by Gasteiger charge is -2.30. The van der Waals surface area contributed by atoms with Crippen LogP contribution in [0.25, 0.3) is 0 Å². The average molecular weight is 423 g/mol. The van der Waals surface area contributed by atoms with Gasteiger partial charge in [0.05, 0.1) is 5.56 Å². The van der Waals surface area contributed by atoms with E-state index in [0.29, 0.717) is 22.9 Å². The molecule has 0 amide bonds. The van der Waals surface area contributed by atoms with Crippen molar-refractivity contribution < 1.29 is 9.53 Å². The van der Waals surface area contributed by atoms with Crippen LogP contribution in [0, 0.1) is 5.92 Å². The van der Waals surface area contributed by atoms with Crippen molar-refractivity contribution >= 4 is 17.3 Å². The summed E-state index contributed by atoms with van der Waals surface area (Å²) in [6.45, 7) is 6.10. The Morgan fingerprint density at radius 3 is 2.16 bits per heavy atom. The molecule has 1 fully saturated rings. The van der Waals surface area contributed by atoms with Gasteiger partial charge in [-0.3, -0.25) is 0 Å². The first-order valence-electron chi connectivity index (χ1n) is 11.8. The number of carbonyl (C=O) groups is 1. The van der Waals surface area contributed by atoms with Gasteiger partial charge < -0.3 is 16.2 Å². The molecule has 0 saturated heterocycles. The van der Waals surface area contributed by atoms with Crippen LogP contribution in [0.2, 0.25) is 0 Å². The Labute approximate surface area is 187 Å². The van der Waals surface area contributed by atoms with Crippen molar-refractivity contribution in [3.63, 3.8) is 0 Å². The highest BCUT2D eigenvalue weighted by atomic mass is 16.6. The van der Waals surface area contributed by atoms with E-state index in [1.54, 1.807) is 18.2 Å². The average Bonchev–Trinajstić information content (AvgIpc) is 2.73. The Hall–Kier alpha value is -2.49. The molecular weight excluding hydrogens is 384 g/mol. The maximum absolute atomic E-state index is 12.6. The molecule has 2 aromatic rings. The standard InChI is InChI=1S/C27H38N2O2/c1-4-5-6-7-19-8-10-20(11-9-19)21-12-14-23(15-13-21)27(2,3)31-26(30)22-16-24(28)18-25(29)17-22/h12-20H,4-11,28-29H2,1-3H3. The monoisotopic (exact) mass is 422 g/mol. The predicted octanol–water partition coefficient (Wildman–Crippen LogP) is 6.80. The second kappa shape index (κ2) is 10.2. The van der Waals surface area contributed by atoms with E-state index in [2.05, 4.69) is 31.2 Å². The van der Waals surface area contributed by atoms with E-state index in [4.69, 9.17) is 16.2 Å². The number of benzene rings is 2. The van der Waals surface area contributed by atoms with Gasteiger partial charge in [0.1, 0.15) is 5.60 Å². The maximum Gasteiger partial charge on any atom is 0.339 e.